The molecule has 3 rings (SSSR count). The number of rotatable bonds is 3. The van der Waals surface area contributed by atoms with E-state index in [4.69, 9.17) is 4.98 Å². The summed E-state index contributed by atoms with van der Waals surface area (Å²) in [4.78, 5) is 6.05. The molecule has 0 fully saturated rings. The minimum Gasteiger partial charge on any atom is -0.331 e. The molecule has 1 aromatic heterocycles. The van der Waals surface area contributed by atoms with Crippen LogP contribution < -0.4 is 5.32 Å². The van der Waals surface area contributed by atoms with E-state index in [0.717, 1.165) is 16.5 Å². The zero-order chi connectivity index (χ0) is 15.7. The van der Waals surface area contributed by atoms with Crippen LogP contribution in [0.15, 0.2) is 42.5 Å². The third-order valence-corrected chi connectivity index (χ3v) is 4.71. The van der Waals surface area contributed by atoms with Gasteiger partial charge in [0.15, 0.2) is 5.13 Å². The molecule has 2 aromatic carbocycles. The van der Waals surface area contributed by atoms with E-state index in [-0.39, 0.29) is 0 Å². The van der Waals surface area contributed by atoms with Gasteiger partial charge in [-0.05, 0) is 44.9 Å². The van der Waals surface area contributed by atoms with E-state index in [1.807, 2.05) is 6.07 Å². The average molecular weight is 308 g/mol. The molecular weight excluding hydrogens is 288 g/mol. The molecule has 0 amide bonds. The molecule has 0 saturated heterocycles. The molecule has 0 aliphatic carbocycles. The van der Waals surface area contributed by atoms with Crippen molar-refractivity contribution in [2.45, 2.75) is 27.7 Å². The summed E-state index contributed by atoms with van der Waals surface area (Å²) in [6.07, 6.45) is 0. The number of anilines is 2. The van der Waals surface area contributed by atoms with Gasteiger partial charge in [0, 0.05) is 16.1 Å². The Labute approximate surface area is 135 Å². The van der Waals surface area contributed by atoms with Gasteiger partial charge in [0.1, 0.15) is 0 Å². The van der Waals surface area contributed by atoms with Gasteiger partial charge in [-0.15, -0.1) is 11.3 Å². The molecule has 22 heavy (non-hydrogen) atoms. The van der Waals surface area contributed by atoms with Crippen molar-refractivity contribution in [3.05, 3.63) is 64.0 Å². The SMILES string of the molecule is Cc1ccc(-c2nc(Nc3ccccc3C)sc2C)c(C)c1. The third kappa shape index (κ3) is 2.90. The lowest BCUT2D eigenvalue weighted by atomic mass is 10.0. The van der Waals surface area contributed by atoms with Crippen molar-refractivity contribution in [1.82, 2.24) is 4.98 Å². The van der Waals surface area contributed by atoms with Gasteiger partial charge in [0.05, 0.1) is 5.69 Å². The zero-order valence-electron chi connectivity index (χ0n) is 13.4. The van der Waals surface area contributed by atoms with Crippen molar-refractivity contribution >= 4 is 22.2 Å². The second kappa shape index (κ2) is 5.93. The first kappa shape index (κ1) is 14.8. The Balaban J connectivity index is 1.96. The van der Waals surface area contributed by atoms with Gasteiger partial charge in [-0.2, -0.15) is 0 Å². The van der Waals surface area contributed by atoms with E-state index in [1.165, 1.54) is 27.1 Å². The highest BCUT2D eigenvalue weighted by Crippen LogP contribution is 2.34. The van der Waals surface area contributed by atoms with Crippen LogP contribution in [0, 0.1) is 27.7 Å². The number of nitrogens with one attached hydrogen (secondary N) is 1. The largest absolute Gasteiger partial charge is 0.331 e. The fourth-order valence-corrected chi connectivity index (χ4v) is 3.45. The predicted molar refractivity (Wildman–Crippen MR) is 96.2 cm³/mol. The maximum absolute atomic E-state index is 4.81. The molecule has 0 aliphatic rings. The first-order valence-corrected chi connectivity index (χ1v) is 8.24. The van der Waals surface area contributed by atoms with Crippen LogP contribution in [0.1, 0.15) is 21.6 Å². The van der Waals surface area contributed by atoms with E-state index in [0.29, 0.717) is 0 Å². The normalized spacial score (nSPS) is 10.7. The smallest absolute Gasteiger partial charge is 0.187 e. The first-order chi connectivity index (χ1) is 10.5. The summed E-state index contributed by atoms with van der Waals surface area (Å²) < 4.78 is 0. The molecule has 0 unspecified atom stereocenters. The number of hydrogen-bond acceptors (Lipinski definition) is 3. The lowest BCUT2D eigenvalue weighted by Gasteiger charge is -2.06. The van der Waals surface area contributed by atoms with Crippen molar-refractivity contribution < 1.29 is 0 Å². The van der Waals surface area contributed by atoms with Crippen LogP contribution in [-0.4, -0.2) is 4.98 Å². The molecular formula is C19H20N2S. The van der Waals surface area contributed by atoms with Crippen LogP contribution >= 0.6 is 11.3 Å². The number of hydrogen-bond donors (Lipinski definition) is 1. The molecule has 0 spiro atoms. The zero-order valence-corrected chi connectivity index (χ0v) is 14.2. The number of para-hydroxylation sites is 1. The Kier molecular flexibility index (Phi) is 3.99. The maximum Gasteiger partial charge on any atom is 0.187 e. The van der Waals surface area contributed by atoms with Crippen LogP contribution in [0.5, 0.6) is 0 Å². The fourth-order valence-electron chi connectivity index (χ4n) is 2.61. The van der Waals surface area contributed by atoms with Gasteiger partial charge in [0.2, 0.25) is 0 Å². The standard InChI is InChI=1S/C19H20N2S/c1-12-9-10-16(14(3)11-12)18-15(4)22-19(21-18)20-17-8-6-5-7-13(17)2/h5-11H,1-4H3,(H,20,21). The van der Waals surface area contributed by atoms with Crippen molar-refractivity contribution in [2.24, 2.45) is 0 Å². The quantitative estimate of drug-likeness (QED) is 0.662. The van der Waals surface area contributed by atoms with Gasteiger partial charge < -0.3 is 5.32 Å². The summed E-state index contributed by atoms with van der Waals surface area (Å²) in [5.41, 5.74) is 7.20. The van der Waals surface area contributed by atoms with Gasteiger partial charge in [-0.1, -0.05) is 42.0 Å². The Morgan fingerprint density at radius 2 is 1.68 bits per heavy atom. The van der Waals surface area contributed by atoms with Gasteiger partial charge in [0.25, 0.3) is 0 Å². The second-order valence-electron chi connectivity index (χ2n) is 5.68. The molecule has 3 heteroatoms. The van der Waals surface area contributed by atoms with Gasteiger partial charge >= 0.3 is 0 Å². The Morgan fingerprint density at radius 3 is 2.41 bits per heavy atom. The Bertz CT molecular complexity index is 818. The number of aryl methyl sites for hydroxylation is 4. The first-order valence-electron chi connectivity index (χ1n) is 7.42. The van der Waals surface area contributed by atoms with Crippen LogP contribution in [0.2, 0.25) is 0 Å². The summed E-state index contributed by atoms with van der Waals surface area (Å²) in [7, 11) is 0. The van der Waals surface area contributed by atoms with E-state index in [2.05, 4.69) is 69.4 Å². The second-order valence-corrected chi connectivity index (χ2v) is 6.89. The summed E-state index contributed by atoms with van der Waals surface area (Å²) in [5.74, 6) is 0. The molecule has 2 nitrogen and oxygen atoms in total. The molecule has 0 saturated carbocycles. The summed E-state index contributed by atoms with van der Waals surface area (Å²) >= 11 is 1.70. The van der Waals surface area contributed by atoms with Crippen LogP contribution in [0.3, 0.4) is 0 Å². The molecule has 1 heterocycles. The van der Waals surface area contributed by atoms with E-state index in [9.17, 15) is 0 Å². The molecule has 0 bridgehead atoms. The minimum absolute atomic E-state index is 0.946. The van der Waals surface area contributed by atoms with E-state index < -0.39 is 0 Å². The molecule has 0 aliphatic heterocycles. The van der Waals surface area contributed by atoms with Crippen LogP contribution in [0.4, 0.5) is 10.8 Å². The highest BCUT2D eigenvalue weighted by atomic mass is 32.1. The molecule has 112 valence electrons. The lowest BCUT2D eigenvalue weighted by molar-refractivity contribution is 1.31. The van der Waals surface area contributed by atoms with Crippen molar-refractivity contribution in [2.75, 3.05) is 5.32 Å². The van der Waals surface area contributed by atoms with E-state index >= 15 is 0 Å². The number of nitrogens with zero attached hydrogens (tertiary/aromatic N) is 1. The maximum atomic E-state index is 4.81. The third-order valence-electron chi connectivity index (χ3n) is 3.82. The average Bonchev–Trinajstić information content (AvgIpc) is 2.82. The number of aromatic nitrogens is 1. The van der Waals surface area contributed by atoms with Gasteiger partial charge in [-0.25, -0.2) is 4.98 Å². The topological polar surface area (TPSA) is 24.9 Å². The van der Waals surface area contributed by atoms with E-state index in [1.54, 1.807) is 11.3 Å². The fraction of sp³-hybridized carbons (Fsp3) is 0.211. The molecule has 0 atom stereocenters. The minimum atomic E-state index is 0.946. The highest BCUT2D eigenvalue weighted by Gasteiger charge is 2.12. The molecule has 0 radical (unpaired) electrons. The molecule has 1 N–H and O–H groups in total. The Hall–Kier alpha value is -2.13. The summed E-state index contributed by atoms with van der Waals surface area (Å²) in [6, 6.07) is 14.8. The van der Waals surface area contributed by atoms with Crippen LogP contribution in [-0.2, 0) is 0 Å². The highest BCUT2D eigenvalue weighted by molar-refractivity contribution is 7.16. The summed E-state index contributed by atoms with van der Waals surface area (Å²) in [5, 5.41) is 4.39. The van der Waals surface area contributed by atoms with Crippen molar-refractivity contribution in [1.29, 1.82) is 0 Å². The Morgan fingerprint density at radius 1 is 0.909 bits per heavy atom. The van der Waals surface area contributed by atoms with Crippen molar-refractivity contribution in [3.63, 3.8) is 0 Å². The summed E-state index contributed by atoms with van der Waals surface area (Å²) in [6.45, 7) is 8.51. The van der Waals surface area contributed by atoms with Crippen LogP contribution in [0.25, 0.3) is 11.3 Å². The lowest BCUT2D eigenvalue weighted by Crippen LogP contribution is -1.92. The molecule has 3 aromatic rings. The monoisotopic (exact) mass is 308 g/mol. The van der Waals surface area contributed by atoms with Gasteiger partial charge in [-0.3, -0.25) is 0 Å². The van der Waals surface area contributed by atoms with Crippen molar-refractivity contribution in [3.8, 4) is 11.3 Å². The predicted octanol–water partition coefficient (Wildman–Crippen LogP) is 5.79. The number of benzene rings is 2. The number of thiazole rings is 1.